The van der Waals surface area contributed by atoms with Crippen molar-refractivity contribution in [1.29, 1.82) is 5.26 Å². The molecule has 0 fully saturated rings. The third-order valence-electron chi connectivity index (χ3n) is 2.45. The Kier molecular flexibility index (Phi) is 3.70. The van der Waals surface area contributed by atoms with Crippen LogP contribution < -0.4 is 10.6 Å². The fraction of sp³-hybridized carbons (Fsp3) is 0.417. The zero-order valence-electron chi connectivity index (χ0n) is 9.46. The lowest BCUT2D eigenvalue weighted by Gasteiger charge is -2.25. The van der Waals surface area contributed by atoms with Crippen molar-refractivity contribution in [2.45, 2.75) is 19.4 Å². The number of hydrogen-bond acceptors (Lipinski definition) is 3. The maximum absolute atomic E-state index is 8.90. The molecule has 0 aliphatic carbocycles. The number of rotatable bonds is 4. The highest BCUT2D eigenvalue weighted by Gasteiger charge is 2.14. The van der Waals surface area contributed by atoms with Gasteiger partial charge < -0.3 is 10.6 Å². The van der Waals surface area contributed by atoms with Crippen molar-refractivity contribution in [3.8, 4) is 6.07 Å². The van der Waals surface area contributed by atoms with E-state index < -0.39 is 0 Å². The van der Waals surface area contributed by atoms with E-state index in [1.165, 1.54) is 0 Å². The molecular formula is C12H17N3. The van der Waals surface area contributed by atoms with E-state index in [9.17, 15) is 0 Å². The summed E-state index contributed by atoms with van der Waals surface area (Å²) < 4.78 is 0. The molecule has 0 aliphatic heterocycles. The van der Waals surface area contributed by atoms with Gasteiger partial charge in [-0.05, 0) is 33.0 Å². The molecule has 0 amide bonds. The fourth-order valence-electron chi connectivity index (χ4n) is 1.14. The molecule has 3 heteroatoms. The Morgan fingerprint density at radius 2 is 2.00 bits per heavy atom. The second-order valence-corrected chi connectivity index (χ2v) is 4.14. The third kappa shape index (κ3) is 3.26. The van der Waals surface area contributed by atoms with E-state index in [2.05, 4.69) is 30.6 Å². The predicted molar refractivity (Wildman–Crippen MR) is 62.8 cm³/mol. The molecule has 0 aliphatic rings. The molecule has 15 heavy (non-hydrogen) atoms. The summed E-state index contributed by atoms with van der Waals surface area (Å²) in [5, 5.41) is 15.4. The highest BCUT2D eigenvalue weighted by molar-refractivity contribution is 5.57. The van der Waals surface area contributed by atoms with Crippen molar-refractivity contribution in [3.05, 3.63) is 29.8 Å². The van der Waals surface area contributed by atoms with Crippen LogP contribution in [0.5, 0.6) is 0 Å². The van der Waals surface area contributed by atoms with Crippen LogP contribution in [0.15, 0.2) is 24.3 Å². The van der Waals surface area contributed by atoms with Crippen LogP contribution in [0.25, 0.3) is 0 Å². The molecule has 3 nitrogen and oxygen atoms in total. The number of nitrogens with zero attached hydrogens (tertiary/aromatic N) is 1. The van der Waals surface area contributed by atoms with E-state index in [1.54, 1.807) is 0 Å². The monoisotopic (exact) mass is 203 g/mol. The van der Waals surface area contributed by atoms with Crippen LogP contribution in [-0.2, 0) is 0 Å². The summed E-state index contributed by atoms with van der Waals surface area (Å²) in [7, 11) is 1.93. The van der Waals surface area contributed by atoms with Gasteiger partial charge in [0.2, 0.25) is 0 Å². The van der Waals surface area contributed by atoms with Crippen LogP contribution in [0.3, 0.4) is 0 Å². The van der Waals surface area contributed by atoms with Crippen LogP contribution in [0.1, 0.15) is 19.4 Å². The molecular weight excluding hydrogens is 186 g/mol. The first-order chi connectivity index (χ1) is 7.09. The van der Waals surface area contributed by atoms with Gasteiger partial charge in [0.15, 0.2) is 0 Å². The number of nitriles is 1. The fourth-order valence-corrected chi connectivity index (χ4v) is 1.14. The number of nitrogens with one attached hydrogen (secondary N) is 2. The standard InChI is InChI=1S/C12H17N3/c1-12(2,14-3)9-15-11-7-5-4-6-10(11)8-13/h4-7,14-15H,9H2,1-3H3. The number of anilines is 1. The lowest BCUT2D eigenvalue weighted by atomic mass is 10.1. The van der Waals surface area contributed by atoms with Gasteiger partial charge in [-0.15, -0.1) is 0 Å². The van der Waals surface area contributed by atoms with Crippen molar-refractivity contribution >= 4 is 5.69 Å². The van der Waals surface area contributed by atoms with Crippen LogP contribution in [-0.4, -0.2) is 19.1 Å². The summed E-state index contributed by atoms with van der Waals surface area (Å²) in [6, 6.07) is 9.70. The molecule has 1 aromatic rings. The molecule has 0 bridgehead atoms. The van der Waals surface area contributed by atoms with Crippen molar-refractivity contribution in [1.82, 2.24) is 5.32 Å². The highest BCUT2D eigenvalue weighted by atomic mass is 15.0. The van der Waals surface area contributed by atoms with Gasteiger partial charge in [-0.2, -0.15) is 5.26 Å². The summed E-state index contributed by atoms with van der Waals surface area (Å²) in [5.74, 6) is 0. The second kappa shape index (κ2) is 4.81. The first kappa shape index (κ1) is 11.5. The molecule has 0 saturated carbocycles. The number of para-hydroxylation sites is 1. The zero-order valence-corrected chi connectivity index (χ0v) is 9.46. The van der Waals surface area contributed by atoms with Crippen LogP contribution in [0.4, 0.5) is 5.69 Å². The van der Waals surface area contributed by atoms with Gasteiger partial charge in [0, 0.05) is 12.1 Å². The van der Waals surface area contributed by atoms with E-state index in [0.29, 0.717) is 5.56 Å². The lowest BCUT2D eigenvalue weighted by molar-refractivity contribution is 0.448. The topological polar surface area (TPSA) is 47.8 Å². The van der Waals surface area contributed by atoms with Gasteiger partial charge >= 0.3 is 0 Å². The SMILES string of the molecule is CNC(C)(C)CNc1ccccc1C#N. The van der Waals surface area contributed by atoms with Gasteiger partial charge in [0.05, 0.1) is 11.3 Å². The normalized spacial score (nSPS) is 10.8. The van der Waals surface area contributed by atoms with Crippen LogP contribution >= 0.6 is 0 Å². The second-order valence-electron chi connectivity index (χ2n) is 4.14. The molecule has 2 N–H and O–H groups in total. The van der Waals surface area contributed by atoms with Gasteiger partial charge in [-0.3, -0.25) is 0 Å². The van der Waals surface area contributed by atoms with Crippen molar-refractivity contribution in [2.24, 2.45) is 0 Å². The molecule has 0 saturated heterocycles. The van der Waals surface area contributed by atoms with E-state index in [0.717, 1.165) is 12.2 Å². The number of likely N-dealkylation sites (N-methyl/N-ethyl adjacent to an activating group) is 1. The van der Waals surface area contributed by atoms with Gasteiger partial charge in [-0.25, -0.2) is 0 Å². The first-order valence-corrected chi connectivity index (χ1v) is 5.01. The number of benzene rings is 1. The molecule has 0 unspecified atom stereocenters. The van der Waals surface area contributed by atoms with Crippen LogP contribution in [0.2, 0.25) is 0 Å². The van der Waals surface area contributed by atoms with Crippen molar-refractivity contribution < 1.29 is 0 Å². The average molecular weight is 203 g/mol. The molecule has 80 valence electrons. The molecule has 1 rings (SSSR count). The summed E-state index contributed by atoms with van der Waals surface area (Å²) in [6.45, 7) is 4.99. The zero-order chi connectivity index (χ0) is 11.3. The summed E-state index contributed by atoms with van der Waals surface area (Å²) in [4.78, 5) is 0. The Balaban J connectivity index is 2.70. The maximum Gasteiger partial charge on any atom is 0.101 e. The smallest absolute Gasteiger partial charge is 0.101 e. The average Bonchev–Trinajstić information content (AvgIpc) is 2.27. The molecule has 0 atom stereocenters. The molecule has 0 aromatic heterocycles. The molecule has 1 aromatic carbocycles. The largest absolute Gasteiger partial charge is 0.382 e. The van der Waals surface area contributed by atoms with Crippen molar-refractivity contribution in [3.63, 3.8) is 0 Å². The number of hydrogen-bond donors (Lipinski definition) is 2. The van der Waals surface area contributed by atoms with E-state index in [-0.39, 0.29) is 5.54 Å². The summed E-state index contributed by atoms with van der Waals surface area (Å²) in [6.07, 6.45) is 0. The minimum atomic E-state index is 0.0164. The Morgan fingerprint density at radius 3 is 2.60 bits per heavy atom. The first-order valence-electron chi connectivity index (χ1n) is 5.01. The quantitative estimate of drug-likeness (QED) is 0.786. The van der Waals surface area contributed by atoms with E-state index in [1.807, 2.05) is 31.3 Å². The van der Waals surface area contributed by atoms with Gasteiger partial charge in [-0.1, -0.05) is 12.1 Å². The molecule has 0 spiro atoms. The molecule has 0 heterocycles. The Labute approximate surface area is 91.1 Å². The maximum atomic E-state index is 8.90. The Hall–Kier alpha value is -1.53. The van der Waals surface area contributed by atoms with Crippen LogP contribution in [0, 0.1) is 11.3 Å². The minimum absolute atomic E-state index is 0.0164. The van der Waals surface area contributed by atoms with Gasteiger partial charge in [0.1, 0.15) is 6.07 Å². The molecule has 0 radical (unpaired) electrons. The highest BCUT2D eigenvalue weighted by Crippen LogP contribution is 2.14. The Morgan fingerprint density at radius 1 is 1.33 bits per heavy atom. The van der Waals surface area contributed by atoms with E-state index >= 15 is 0 Å². The Bertz CT molecular complexity index is 363. The summed E-state index contributed by atoms with van der Waals surface area (Å²) >= 11 is 0. The lowest BCUT2D eigenvalue weighted by Crippen LogP contribution is -2.42. The predicted octanol–water partition coefficient (Wildman–Crippen LogP) is 1.97. The van der Waals surface area contributed by atoms with Gasteiger partial charge in [0.25, 0.3) is 0 Å². The summed E-state index contributed by atoms with van der Waals surface area (Å²) in [5.41, 5.74) is 1.59. The van der Waals surface area contributed by atoms with Crippen molar-refractivity contribution in [2.75, 3.05) is 18.9 Å². The van der Waals surface area contributed by atoms with E-state index in [4.69, 9.17) is 5.26 Å². The minimum Gasteiger partial charge on any atom is -0.382 e. The third-order valence-corrected chi connectivity index (χ3v) is 2.45.